The molecule has 0 radical (unpaired) electrons. The van der Waals surface area contributed by atoms with Gasteiger partial charge >= 0.3 is 0 Å². The Morgan fingerprint density at radius 2 is 2.05 bits per heavy atom. The maximum absolute atomic E-state index is 5.93. The van der Waals surface area contributed by atoms with E-state index in [1.165, 1.54) is 11.3 Å². The van der Waals surface area contributed by atoms with Gasteiger partial charge in [-0.3, -0.25) is 0 Å². The molecule has 1 aliphatic carbocycles. The molecule has 3 rings (SSSR count). The molecule has 106 valence electrons. The molecule has 5 nitrogen and oxygen atoms in total. The highest BCUT2D eigenvalue weighted by molar-refractivity contribution is 9.12. The van der Waals surface area contributed by atoms with E-state index in [0.717, 1.165) is 26.7 Å². The lowest BCUT2D eigenvalue weighted by Gasteiger charge is -2.01. The first-order valence-corrected chi connectivity index (χ1v) is 7.85. The number of halogens is 1. The highest BCUT2D eigenvalue weighted by Crippen LogP contribution is 2.28. The predicted octanol–water partition coefficient (Wildman–Crippen LogP) is 3.21. The van der Waals surface area contributed by atoms with E-state index in [4.69, 9.17) is 11.5 Å². The van der Waals surface area contributed by atoms with E-state index in [1.807, 2.05) is 36.4 Å². The molecule has 0 unspecified atom stereocenters. The van der Waals surface area contributed by atoms with Gasteiger partial charge in [-0.25, -0.2) is 4.98 Å². The molecule has 0 aliphatic heterocycles. The van der Waals surface area contributed by atoms with Crippen LogP contribution in [0, 0.1) is 0 Å². The zero-order valence-corrected chi connectivity index (χ0v) is 13.4. The molecule has 1 aromatic carbocycles. The number of aliphatic imine (C=N–C) groups is 2. The summed E-state index contributed by atoms with van der Waals surface area (Å²) in [7, 11) is 0. The lowest BCUT2D eigenvalue weighted by molar-refractivity contribution is 1.35. The number of amidine groups is 1. The van der Waals surface area contributed by atoms with Gasteiger partial charge in [0.1, 0.15) is 5.84 Å². The summed E-state index contributed by atoms with van der Waals surface area (Å²) in [5.74, 6) is 0.442. The Hall–Kier alpha value is -1.99. The third-order valence-electron chi connectivity index (χ3n) is 2.88. The van der Waals surface area contributed by atoms with Gasteiger partial charge in [0.25, 0.3) is 0 Å². The second-order valence-electron chi connectivity index (χ2n) is 4.34. The third kappa shape index (κ3) is 3.03. The fourth-order valence-electron chi connectivity index (χ4n) is 1.93. The Bertz CT molecular complexity index is 783. The number of aromatic nitrogens is 1. The van der Waals surface area contributed by atoms with Gasteiger partial charge in [-0.15, -0.1) is 0 Å². The predicted molar refractivity (Wildman–Crippen MR) is 92.2 cm³/mol. The van der Waals surface area contributed by atoms with Crippen LogP contribution in [-0.2, 0) is 0 Å². The highest BCUT2D eigenvalue weighted by Gasteiger charge is 2.11. The number of benzene rings is 1. The summed E-state index contributed by atoms with van der Waals surface area (Å²) in [5.41, 5.74) is 13.5. The quantitative estimate of drug-likeness (QED) is 0.635. The largest absolute Gasteiger partial charge is 0.383 e. The lowest BCUT2D eigenvalue weighted by Crippen LogP contribution is -2.20. The standard InChI is InChI=1S/C14H12BrN5S/c15-9-5-3-4-8(9)12(16)19-13(17)20-14-18-10-6-1-2-7-11(10)21-14/h1-2,4-7H,3H2,(H4,16,17,18,19,20). The molecule has 0 saturated heterocycles. The summed E-state index contributed by atoms with van der Waals surface area (Å²) in [4.78, 5) is 12.7. The van der Waals surface area contributed by atoms with Crippen LogP contribution in [-0.4, -0.2) is 16.8 Å². The van der Waals surface area contributed by atoms with Crippen molar-refractivity contribution in [3.8, 4) is 0 Å². The average Bonchev–Trinajstić information content (AvgIpc) is 3.03. The van der Waals surface area contributed by atoms with Gasteiger partial charge in [-0.2, -0.15) is 9.98 Å². The summed E-state index contributed by atoms with van der Waals surface area (Å²) in [6.45, 7) is 0. The monoisotopic (exact) mass is 361 g/mol. The van der Waals surface area contributed by atoms with E-state index in [9.17, 15) is 0 Å². The SMILES string of the molecule is NC(=Nc1nc2ccccc2s1)N=C(N)C1=CCC=C1Br. The molecular weight excluding hydrogens is 350 g/mol. The van der Waals surface area contributed by atoms with Crippen molar-refractivity contribution in [2.24, 2.45) is 21.5 Å². The zero-order chi connectivity index (χ0) is 14.8. The summed E-state index contributed by atoms with van der Waals surface area (Å²) in [5, 5.41) is 0.570. The summed E-state index contributed by atoms with van der Waals surface area (Å²) < 4.78 is 1.99. The minimum absolute atomic E-state index is 0.0969. The molecule has 0 saturated carbocycles. The van der Waals surface area contributed by atoms with Crippen LogP contribution < -0.4 is 11.5 Å². The zero-order valence-electron chi connectivity index (χ0n) is 11.0. The fourth-order valence-corrected chi connectivity index (χ4v) is 3.33. The van der Waals surface area contributed by atoms with Crippen LogP contribution in [0.15, 0.2) is 56.5 Å². The molecule has 0 fully saturated rings. The number of nitrogens with two attached hydrogens (primary N) is 2. The Balaban J connectivity index is 1.87. The normalized spacial score (nSPS) is 16.2. The molecule has 1 aliphatic rings. The Morgan fingerprint density at radius 3 is 2.76 bits per heavy atom. The van der Waals surface area contributed by atoms with Gasteiger partial charge in [0, 0.05) is 10.1 Å². The van der Waals surface area contributed by atoms with E-state index in [0.29, 0.717) is 11.0 Å². The van der Waals surface area contributed by atoms with E-state index in [2.05, 4.69) is 30.9 Å². The molecule has 0 spiro atoms. The van der Waals surface area contributed by atoms with Crippen LogP contribution in [0.25, 0.3) is 10.2 Å². The number of thiazole rings is 1. The van der Waals surface area contributed by atoms with Gasteiger partial charge in [0.2, 0.25) is 11.1 Å². The first-order chi connectivity index (χ1) is 10.1. The fraction of sp³-hybridized carbons (Fsp3) is 0.0714. The topological polar surface area (TPSA) is 89.6 Å². The summed E-state index contributed by atoms with van der Waals surface area (Å²) in [6, 6.07) is 7.82. The number of fused-ring (bicyclic) bond motifs is 1. The smallest absolute Gasteiger partial charge is 0.224 e. The molecule has 2 aromatic rings. The minimum Gasteiger partial charge on any atom is -0.383 e. The van der Waals surface area contributed by atoms with E-state index in [1.54, 1.807) is 0 Å². The number of rotatable bonds is 2. The highest BCUT2D eigenvalue weighted by atomic mass is 79.9. The van der Waals surface area contributed by atoms with Crippen LogP contribution in [0.3, 0.4) is 0 Å². The summed E-state index contributed by atoms with van der Waals surface area (Å²) >= 11 is 4.89. The minimum atomic E-state index is 0.0969. The Labute approximate surface area is 133 Å². The van der Waals surface area contributed by atoms with E-state index in [-0.39, 0.29) is 5.96 Å². The van der Waals surface area contributed by atoms with Crippen LogP contribution in [0.5, 0.6) is 0 Å². The molecule has 0 amide bonds. The molecule has 1 aromatic heterocycles. The second-order valence-corrected chi connectivity index (χ2v) is 6.20. The molecule has 21 heavy (non-hydrogen) atoms. The van der Waals surface area contributed by atoms with Crippen molar-refractivity contribution in [2.75, 3.05) is 0 Å². The van der Waals surface area contributed by atoms with Gasteiger partial charge in [-0.05, 0) is 18.6 Å². The molecule has 1 heterocycles. The van der Waals surface area contributed by atoms with Crippen molar-refractivity contribution in [1.29, 1.82) is 0 Å². The Morgan fingerprint density at radius 1 is 1.24 bits per heavy atom. The molecule has 7 heteroatoms. The first kappa shape index (κ1) is 14.0. The molecule has 0 bridgehead atoms. The number of allylic oxidation sites excluding steroid dienone is 2. The van der Waals surface area contributed by atoms with Crippen LogP contribution in [0.2, 0.25) is 0 Å². The van der Waals surface area contributed by atoms with Crippen LogP contribution >= 0.6 is 27.3 Å². The van der Waals surface area contributed by atoms with Gasteiger partial charge in [0.15, 0.2) is 0 Å². The number of guanidine groups is 1. The first-order valence-electron chi connectivity index (χ1n) is 6.24. The average molecular weight is 362 g/mol. The van der Waals surface area contributed by atoms with Crippen molar-refractivity contribution in [3.63, 3.8) is 0 Å². The van der Waals surface area contributed by atoms with Crippen molar-refractivity contribution in [2.45, 2.75) is 6.42 Å². The molecule has 0 atom stereocenters. The lowest BCUT2D eigenvalue weighted by atomic mass is 10.3. The van der Waals surface area contributed by atoms with Gasteiger partial charge in [-0.1, -0.05) is 51.6 Å². The number of nitrogens with zero attached hydrogens (tertiary/aromatic N) is 3. The van der Waals surface area contributed by atoms with Crippen molar-refractivity contribution < 1.29 is 0 Å². The molecule has 4 N–H and O–H groups in total. The number of hydrogen-bond donors (Lipinski definition) is 2. The van der Waals surface area contributed by atoms with E-state index < -0.39 is 0 Å². The van der Waals surface area contributed by atoms with Gasteiger partial charge in [0.05, 0.1) is 10.2 Å². The maximum Gasteiger partial charge on any atom is 0.224 e. The third-order valence-corrected chi connectivity index (χ3v) is 4.56. The number of hydrogen-bond acceptors (Lipinski definition) is 3. The van der Waals surface area contributed by atoms with Crippen molar-refractivity contribution in [1.82, 2.24) is 4.98 Å². The number of para-hydroxylation sites is 1. The van der Waals surface area contributed by atoms with Crippen molar-refractivity contribution in [3.05, 3.63) is 46.5 Å². The molecular formula is C14H12BrN5S. The maximum atomic E-state index is 5.93. The van der Waals surface area contributed by atoms with Crippen LogP contribution in [0.4, 0.5) is 5.13 Å². The van der Waals surface area contributed by atoms with E-state index >= 15 is 0 Å². The summed E-state index contributed by atoms with van der Waals surface area (Å²) in [6.07, 6.45) is 4.83. The Kier molecular flexibility index (Phi) is 3.85. The van der Waals surface area contributed by atoms with Crippen molar-refractivity contribution >= 4 is 54.4 Å². The second kappa shape index (κ2) is 5.79. The van der Waals surface area contributed by atoms with Gasteiger partial charge < -0.3 is 11.5 Å². The van der Waals surface area contributed by atoms with Crippen LogP contribution in [0.1, 0.15) is 6.42 Å².